The van der Waals surface area contributed by atoms with Crippen LogP contribution in [0.4, 0.5) is 21.3 Å². The molecule has 7 heteroatoms. The van der Waals surface area contributed by atoms with Crippen LogP contribution >= 0.6 is 11.3 Å². The van der Waals surface area contributed by atoms with Gasteiger partial charge in [-0.3, -0.25) is 10.1 Å². The van der Waals surface area contributed by atoms with Gasteiger partial charge >= 0.3 is 6.03 Å². The Morgan fingerprint density at radius 3 is 2.44 bits per heavy atom. The molecule has 3 amide bonds. The van der Waals surface area contributed by atoms with Gasteiger partial charge in [-0.2, -0.15) is 0 Å². The van der Waals surface area contributed by atoms with E-state index in [-0.39, 0.29) is 18.4 Å². The second-order valence-electron chi connectivity index (χ2n) is 6.11. The maximum Gasteiger partial charge on any atom is 0.325 e. The second kappa shape index (κ2) is 8.46. The maximum atomic E-state index is 12.2. The summed E-state index contributed by atoms with van der Waals surface area (Å²) in [5.41, 5.74) is 4.36. The number of thiazole rings is 1. The molecule has 2 aromatic carbocycles. The number of hydrogen-bond acceptors (Lipinski definition) is 4. The van der Waals surface area contributed by atoms with Crippen molar-refractivity contribution in [3.8, 4) is 0 Å². The summed E-state index contributed by atoms with van der Waals surface area (Å²) in [4.78, 5) is 28.5. The van der Waals surface area contributed by atoms with Crippen molar-refractivity contribution in [3.05, 3.63) is 70.7 Å². The zero-order valence-electron chi connectivity index (χ0n) is 15.1. The number of aryl methyl sites for hydroxylation is 2. The molecule has 3 aromatic rings. The highest BCUT2D eigenvalue weighted by Gasteiger charge is 2.10. The number of benzene rings is 2. The Hall–Kier alpha value is -3.19. The van der Waals surface area contributed by atoms with Crippen molar-refractivity contribution in [1.29, 1.82) is 0 Å². The highest BCUT2D eigenvalue weighted by atomic mass is 32.1. The van der Waals surface area contributed by atoms with Crippen LogP contribution in [0.25, 0.3) is 0 Å². The van der Waals surface area contributed by atoms with E-state index >= 15 is 0 Å². The number of hydrogen-bond donors (Lipinski definition) is 3. The van der Waals surface area contributed by atoms with E-state index < -0.39 is 0 Å². The fourth-order valence-electron chi connectivity index (χ4n) is 2.42. The monoisotopic (exact) mass is 380 g/mol. The number of anilines is 3. The molecule has 0 fully saturated rings. The van der Waals surface area contributed by atoms with E-state index in [4.69, 9.17) is 0 Å². The van der Waals surface area contributed by atoms with Gasteiger partial charge in [-0.25, -0.2) is 9.78 Å². The van der Waals surface area contributed by atoms with Crippen molar-refractivity contribution in [3.63, 3.8) is 0 Å². The molecule has 0 aliphatic carbocycles. The number of nitrogens with one attached hydrogen (secondary N) is 3. The lowest BCUT2D eigenvalue weighted by molar-refractivity contribution is -0.115. The van der Waals surface area contributed by atoms with Gasteiger partial charge in [-0.15, -0.1) is 11.3 Å². The number of carbonyl (C=O) groups is 2. The molecule has 0 aliphatic rings. The SMILES string of the molecule is Cc1ccc(NC(=O)Cc2csc(NC(=O)Nc3ccccc3)n2)cc1C. The summed E-state index contributed by atoms with van der Waals surface area (Å²) in [6.45, 7) is 4.03. The van der Waals surface area contributed by atoms with E-state index in [1.807, 2.05) is 50.2 Å². The summed E-state index contributed by atoms with van der Waals surface area (Å²) < 4.78 is 0. The molecular formula is C20H20N4O2S. The number of para-hydroxylation sites is 1. The third-order valence-corrected chi connectivity index (χ3v) is 4.74. The van der Waals surface area contributed by atoms with E-state index in [1.54, 1.807) is 17.5 Å². The van der Waals surface area contributed by atoms with Gasteiger partial charge in [0.2, 0.25) is 5.91 Å². The van der Waals surface area contributed by atoms with Gasteiger partial charge in [0.15, 0.2) is 5.13 Å². The first-order chi connectivity index (χ1) is 13.0. The smallest absolute Gasteiger partial charge is 0.325 e. The normalized spacial score (nSPS) is 10.3. The number of nitrogens with zero attached hydrogens (tertiary/aromatic N) is 1. The standard InChI is InChI=1S/C20H20N4O2S/c1-13-8-9-16(10-14(13)2)21-18(25)11-17-12-27-20(23-17)24-19(26)22-15-6-4-3-5-7-15/h3-10,12H,11H2,1-2H3,(H,21,25)(H2,22,23,24,26). The molecule has 138 valence electrons. The molecule has 0 atom stereocenters. The van der Waals surface area contributed by atoms with Crippen LogP contribution in [0.2, 0.25) is 0 Å². The van der Waals surface area contributed by atoms with Gasteiger partial charge in [0, 0.05) is 16.8 Å². The van der Waals surface area contributed by atoms with Gasteiger partial charge in [-0.1, -0.05) is 24.3 Å². The van der Waals surface area contributed by atoms with E-state index in [0.29, 0.717) is 16.5 Å². The molecular weight excluding hydrogens is 360 g/mol. The lowest BCUT2D eigenvalue weighted by atomic mass is 10.1. The van der Waals surface area contributed by atoms with Gasteiger partial charge in [0.25, 0.3) is 0 Å². The zero-order valence-corrected chi connectivity index (χ0v) is 15.9. The molecule has 3 rings (SSSR count). The van der Waals surface area contributed by atoms with E-state index in [2.05, 4.69) is 20.9 Å². The van der Waals surface area contributed by atoms with Crippen molar-refractivity contribution in [1.82, 2.24) is 4.98 Å². The molecule has 27 heavy (non-hydrogen) atoms. The third-order valence-electron chi connectivity index (χ3n) is 3.94. The third kappa shape index (κ3) is 5.39. The summed E-state index contributed by atoms with van der Waals surface area (Å²) >= 11 is 1.28. The minimum atomic E-state index is -0.373. The Morgan fingerprint density at radius 1 is 0.926 bits per heavy atom. The molecule has 0 saturated heterocycles. The van der Waals surface area contributed by atoms with Crippen molar-refractivity contribution in [2.24, 2.45) is 0 Å². The highest BCUT2D eigenvalue weighted by molar-refractivity contribution is 7.14. The first-order valence-electron chi connectivity index (χ1n) is 8.44. The minimum absolute atomic E-state index is 0.144. The Labute approximate surface area is 161 Å². The Balaban J connectivity index is 1.53. The van der Waals surface area contributed by atoms with Crippen LogP contribution in [0, 0.1) is 13.8 Å². The van der Waals surface area contributed by atoms with E-state index in [0.717, 1.165) is 11.3 Å². The van der Waals surface area contributed by atoms with Crippen LogP contribution < -0.4 is 16.0 Å². The molecule has 0 radical (unpaired) electrons. The predicted molar refractivity (Wildman–Crippen MR) is 109 cm³/mol. The maximum absolute atomic E-state index is 12.2. The summed E-state index contributed by atoms with van der Waals surface area (Å²) in [6, 6.07) is 14.6. The summed E-state index contributed by atoms with van der Waals surface area (Å²) in [5, 5.41) is 10.5. The van der Waals surface area contributed by atoms with E-state index in [1.165, 1.54) is 16.9 Å². The number of carbonyl (C=O) groups excluding carboxylic acids is 2. The van der Waals surface area contributed by atoms with Crippen LogP contribution in [0.3, 0.4) is 0 Å². The largest absolute Gasteiger partial charge is 0.326 e. The van der Waals surface area contributed by atoms with Gasteiger partial charge < -0.3 is 10.6 Å². The fraction of sp³-hybridized carbons (Fsp3) is 0.150. The Kier molecular flexibility index (Phi) is 5.83. The average Bonchev–Trinajstić information content (AvgIpc) is 3.05. The average molecular weight is 380 g/mol. The molecule has 0 unspecified atom stereocenters. The van der Waals surface area contributed by atoms with Crippen LogP contribution in [-0.4, -0.2) is 16.9 Å². The van der Waals surface area contributed by atoms with Gasteiger partial charge in [0.05, 0.1) is 12.1 Å². The van der Waals surface area contributed by atoms with Crippen LogP contribution in [0.5, 0.6) is 0 Å². The summed E-state index contributed by atoms with van der Waals surface area (Å²) in [6.07, 6.45) is 0.144. The number of urea groups is 1. The Morgan fingerprint density at radius 2 is 1.70 bits per heavy atom. The summed E-state index contributed by atoms with van der Waals surface area (Å²) in [5.74, 6) is -0.149. The number of amides is 3. The molecule has 1 heterocycles. The molecule has 6 nitrogen and oxygen atoms in total. The number of rotatable bonds is 5. The quantitative estimate of drug-likeness (QED) is 0.606. The molecule has 0 bridgehead atoms. The summed E-state index contributed by atoms with van der Waals surface area (Å²) in [7, 11) is 0. The van der Waals surface area contributed by atoms with Crippen molar-refractivity contribution in [2.45, 2.75) is 20.3 Å². The molecule has 0 saturated carbocycles. The van der Waals surface area contributed by atoms with Crippen LogP contribution in [0.1, 0.15) is 16.8 Å². The van der Waals surface area contributed by atoms with E-state index in [9.17, 15) is 9.59 Å². The van der Waals surface area contributed by atoms with Crippen LogP contribution in [-0.2, 0) is 11.2 Å². The van der Waals surface area contributed by atoms with Crippen molar-refractivity contribution < 1.29 is 9.59 Å². The first kappa shape index (κ1) is 18.6. The second-order valence-corrected chi connectivity index (χ2v) is 6.97. The van der Waals surface area contributed by atoms with Gasteiger partial charge in [-0.05, 0) is 49.2 Å². The van der Waals surface area contributed by atoms with Crippen molar-refractivity contribution in [2.75, 3.05) is 16.0 Å². The van der Waals surface area contributed by atoms with Crippen LogP contribution in [0.15, 0.2) is 53.9 Å². The predicted octanol–water partition coefficient (Wildman–Crippen LogP) is 4.59. The topological polar surface area (TPSA) is 83.1 Å². The minimum Gasteiger partial charge on any atom is -0.326 e. The lowest BCUT2D eigenvalue weighted by Gasteiger charge is -2.07. The molecule has 0 spiro atoms. The zero-order chi connectivity index (χ0) is 19.2. The molecule has 0 aliphatic heterocycles. The Bertz CT molecular complexity index is 954. The highest BCUT2D eigenvalue weighted by Crippen LogP contribution is 2.18. The fourth-order valence-corrected chi connectivity index (χ4v) is 3.12. The van der Waals surface area contributed by atoms with Gasteiger partial charge in [0.1, 0.15) is 0 Å². The lowest BCUT2D eigenvalue weighted by Crippen LogP contribution is -2.19. The molecule has 3 N–H and O–H groups in total. The first-order valence-corrected chi connectivity index (χ1v) is 9.32. The number of aromatic nitrogens is 1. The van der Waals surface area contributed by atoms with Crippen molar-refractivity contribution >= 4 is 39.8 Å². The molecule has 1 aromatic heterocycles.